The van der Waals surface area contributed by atoms with Crippen LogP contribution < -0.4 is 16.0 Å². The largest absolute Gasteiger partial charge is 0.383 e. The van der Waals surface area contributed by atoms with Crippen LogP contribution in [0.4, 0.5) is 11.8 Å². The highest BCUT2D eigenvalue weighted by Crippen LogP contribution is 2.28. The van der Waals surface area contributed by atoms with Crippen LogP contribution in [0.15, 0.2) is 49.1 Å². The number of nitrogens with one attached hydrogen (secondary N) is 3. The van der Waals surface area contributed by atoms with Crippen LogP contribution in [0.3, 0.4) is 0 Å². The third-order valence-electron chi connectivity index (χ3n) is 6.38. The predicted molar refractivity (Wildman–Crippen MR) is 141 cm³/mol. The second-order valence-electron chi connectivity index (χ2n) is 9.11. The van der Waals surface area contributed by atoms with Crippen molar-refractivity contribution in [3.05, 3.63) is 59.6 Å². The lowest BCUT2D eigenvalue weighted by Crippen LogP contribution is -2.41. The number of carbonyl (C=O) groups is 1. The number of halogens is 1. The zero-order valence-corrected chi connectivity index (χ0v) is 21.4. The van der Waals surface area contributed by atoms with Gasteiger partial charge in [0.05, 0.1) is 6.61 Å². The third-order valence-corrected chi connectivity index (χ3v) is 6.64. The molecule has 3 N–H and O–H groups in total. The molecule has 0 bridgehead atoms. The van der Waals surface area contributed by atoms with E-state index in [1.165, 1.54) is 19.3 Å². The van der Waals surface area contributed by atoms with Gasteiger partial charge in [-0.1, -0.05) is 55.8 Å². The second kappa shape index (κ2) is 13.2. The Bertz CT molecular complexity index is 1090. The lowest BCUT2D eigenvalue weighted by molar-refractivity contribution is -0.122. The van der Waals surface area contributed by atoms with Gasteiger partial charge in [-0.05, 0) is 30.0 Å². The maximum absolute atomic E-state index is 13.4. The number of hydrogen-bond acceptors (Lipinski definition) is 7. The van der Waals surface area contributed by atoms with Crippen molar-refractivity contribution in [3.63, 3.8) is 0 Å². The van der Waals surface area contributed by atoms with E-state index in [1.54, 1.807) is 19.6 Å². The van der Waals surface area contributed by atoms with Crippen molar-refractivity contribution in [2.75, 3.05) is 30.9 Å². The molecule has 0 aliphatic heterocycles. The summed E-state index contributed by atoms with van der Waals surface area (Å²) in [5.74, 6) is 2.15. The summed E-state index contributed by atoms with van der Waals surface area (Å²) in [6.45, 7) is 1.53. The molecule has 0 saturated heterocycles. The summed E-state index contributed by atoms with van der Waals surface area (Å²) in [6, 6.07) is 8.92. The number of hydrogen-bond donors (Lipinski definition) is 3. The predicted octanol–water partition coefficient (Wildman–Crippen LogP) is 4.44. The van der Waals surface area contributed by atoms with Crippen LogP contribution in [0.25, 0.3) is 5.82 Å². The summed E-state index contributed by atoms with van der Waals surface area (Å²) >= 11 is 6.00. The third kappa shape index (κ3) is 7.66. The fourth-order valence-corrected chi connectivity index (χ4v) is 4.59. The van der Waals surface area contributed by atoms with E-state index >= 15 is 0 Å². The summed E-state index contributed by atoms with van der Waals surface area (Å²) in [6.07, 6.45) is 12.0. The highest BCUT2D eigenvalue weighted by molar-refractivity contribution is 6.30. The monoisotopic (exact) mass is 511 g/mol. The number of rotatable bonds is 12. The van der Waals surface area contributed by atoms with Crippen LogP contribution in [-0.2, 0) is 16.1 Å². The Hall–Kier alpha value is -3.17. The number of anilines is 2. The molecule has 36 heavy (non-hydrogen) atoms. The van der Waals surface area contributed by atoms with Crippen LogP contribution in [-0.4, -0.2) is 51.7 Å². The van der Waals surface area contributed by atoms with Gasteiger partial charge in [0.15, 0.2) is 0 Å². The first-order valence-corrected chi connectivity index (χ1v) is 12.9. The van der Waals surface area contributed by atoms with Gasteiger partial charge in [0.25, 0.3) is 0 Å². The first-order valence-electron chi connectivity index (χ1n) is 12.5. The van der Waals surface area contributed by atoms with Crippen molar-refractivity contribution < 1.29 is 9.53 Å². The van der Waals surface area contributed by atoms with Gasteiger partial charge in [-0.3, -0.25) is 9.36 Å². The quantitative estimate of drug-likeness (QED) is 0.309. The number of ether oxygens (including phenoxy) is 1. The standard InChI is InChI=1S/C26H34ClN7O2/c1-36-14-12-29-26-32-23(16-24(33-26)34-13-11-28-18-34)31-22(15-19-5-3-2-4-6-19)25(35)30-17-20-7-9-21(27)10-8-20/h7-11,13,16,18-19,22H,2-6,12,14-15,17H2,1H3,(H,30,35)(H2,29,31,32,33). The Morgan fingerprint density at radius 3 is 2.72 bits per heavy atom. The Labute approximate surface area is 217 Å². The number of nitrogens with zero attached hydrogens (tertiary/aromatic N) is 4. The molecule has 1 aromatic carbocycles. The lowest BCUT2D eigenvalue weighted by atomic mass is 9.84. The Balaban J connectivity index is 1.52. The SMILES string of the molecule is COCCNc1nc(NC(CC2CCCCC2)C(=O)NCc2ccc(Cl)cc2)cc(-n2ccnc2)n1. The van der Waals surface area contributed by atoms with Crippen LogP contribution >= 0.6 is 11.6 Å². The molecule has 3 aromatic rings. The lowest BCUT2D eigenvalue weighted by Gasteiger charge is -2.27. The zero-order chi connectivity index (χ0) is 25.2. The van der Waals surface area contributed by atoms with Gasteiger partial charge in [0, 0.05) is 43.7 Å². The normalized spacial score (nSPS) is 14.8. The van der Waals surface area contributed by atoms with Crippen molar-refractivity contribution in [1.29, 1.82) is 0 Å². The molecule has 0 spiro atoms. The number of benzene rings is 1. The molecule has 192 valence electrons. The Morgan fingerprint density at radius 2 is 2.00 bits per heavy atom. The number of imidazole rings is 1. The van der Waals surface area contributed by atoms with Gasteiger partial charge in [0.2, 0.25) is 11.9 Å². The van der Waals surface area contributed by atoms with E-state index in [1.807, 2.05) is 41.1 Å². The zero-order valence-electron chi connectivity index (χ0n) is 20.6. The number of methoxy groups -OCH3 is 1. The molecule has 1 aliphatic carbocycles. The molecule has 0 radical (unpaired) electrons. The van der Waals surface area contributed by atoms with E-state index < -0.39 is 6.04 Å². The van der Waals surface area contributed by atoms with Gasteiger partial charge >= 0.3 is 0 Å². The minimum Gasteiger partial charge on any atom is -0.383 e. The van der Waals surface area contributed by atoms with Gasteiger partial charge in [-0.2, -0.15) is 9.97 Å². The van der Waals surface area contributed by atoms with E-state index in [9.17, 15) is 4.79 Å². The molecule has 1 unspecified atom stereocenters. The van der Waals surface area contributed by atoms with E-state index in [2.05, 4.69) is 30.9 Å². The molecule has 1 saturated carbocycles. The molecular weight excluding hydrogens is 478 g/mol. The van der Waals surface area contributed by atoms with Crippen LogP contribution in [0.5, 0.6) is 0 Å². The molecule has 1 amide bonds. The van der Waals surface area contributed by atoms with Crippen molar-refractivity contribution >= 4 is 29.3 Å². The van der Waals surface area contributed by atoms with Gasteiger partial charge in [-0.15, -0.1) is 0 Å². The summed E-state index contributed by atoms with van der Waals surface area (Å²) in [5.41, 5.74) is 0.998. The molecular formula is C26H34ClN7O2. The van der Waals surface area contributed by atoms with E-state index in [0.29, 0.717) is 48.2 Å². The van der Waals surface area contributed by atoms with Gasteiger partial charge < -0.3 is 20.7 Å². The average molecular weight is 512 g/mol. The first-order chi connectivity index (χ1) is 17.6. The minimum atomic E-state index is -0.419. The van der Waals surface area contributed by atoms with E-state index in [-0.39, 0.29) is 5.91 Å². The fraction of sp³-hybridized carbons (Fsp3) is 0.462. The molecule has 10 heteroatoms. The van der Waals surface area contributed by atoms with Crippen molar-refractivity contribution in [2.45, 2.75) is 51.1 Å². The van der Waals surface area contributed by atoms with Crippen molar-refractivity contribution in [3.8, 4) is 5.82 Å². The van der Waals surface area contributed by atoms with Gasteiger partial charge in [-0.25, -0.2) is 4.98 Å². The van der Waals surface area contributed by atoms with Crippen LogP contribution in [0.1, 0.15) is 44.1 Å². The number of aromatic nitrogens is 4. The topological polar surface area (TPSA) is 106 Å². The molecule has 1 atom stereocenters. The summed E-state index contributed by atoms with van der Waals surface area (Å²) in [4.78, 5) is 26.7. The maximum atomic E-state index is 13.4. The maximum Gasteiger partial charge on any atom is 0.242 e. The molecule has 4 rings (SSSR count). The molecule has 1 aliphatic rings. The molecule has 9 nitrogen and oxygen atoms in total. The number of carbonyl (C=O) groups excluding carboxylic acids is 1. The van der Waals surface area contributed by atoms with Crippen molar-refractivity contribution in [1.82, 2.24) is 24.8 Å². The number of amides is 1. The first kappa shape index (κ1) is 25.9. The van der Waals surface area contributed by atoms with Crippen LogP contribution in [0.2, 0.25) is 5.02 Å². The second-order valence-corrected chi connectivity index (χ2v) is 9.54. The smallest absolute Gasteiger partial charge is 0.242 e. The highest BCUT2D eigenvalue weighted by Gasteiger charge is 2.25. The average Bonchev–Trinajstić information content (AvgIpc) is 3.44. The van der Waals surface area contributed by atoms with Crippen molar-refractivity contribution in [2.24, 2.45) is 5.92 Å². The Morgan fingerprint density at radius 1 is 1.19 bits per heavy atom. The van der Waals surface area contributed by atoms with Crippen LogP contribution in [0, 0.1) is 5.92 Å². The van der Waals surface area contributed by atoms with Gasteiger partial charge in [0.1, 0.15) is 24.0 Å². The molecule has 2 heterocycles. The Kier molecular flexibility index (Phi) is 9.52. The fourth-order valence-electron chi connectivity index (χ4n) is 4.46. The highest BCUT2D eigenvalue weighted by atomic mass is 35.5. The summed E-state index contributed by atoms with van der Waals surface area (Å²) in [7, 11) is 1.65. The minimum absolute atomic E-state index is 0.0489. The summed E-state index contributed by atoms with van der Waals surface area (Å²) in [5, 5.41) is 10.4. The van der Waals surface area contributed by atoms with E-state index in [4.69, 9.17) is 16.3 Å². The summed E-state index contributed by atoms with van der Waals surface area (Å²) < 4.78 is 6.95. The van der Waals surface area contributed by atoms with E-state index in [0.717, 1.165) is 24.8 Å². The molecule has 1 fully saturated rings. The molecule has 2 aromatic heterocycles.